The van der Waals surface area contributed by atoms with Gasteiger partial charge in [-0.3, -0.25) is 4.79 Å². The van der Waals surface area contributed by atoms with Gasteiger partial charge in [0.2, 0.25) is 0 Å². The first-order valence-corrected chi connectivity index (χ1v) is 5.98. The van der Waals surface area contributed by atoms with Gasteiger partial charge in [-0.1, -0.05) is 20.8 Å². The molecule has 0 spiro atoms. The minimum atomic E-state index is -4.70. The van der Waals surface area contributed by atoms with E-state index in [9.17, 15) is 22.4 Å². The SMILES string of the molecule is CC(C)(C)C(Cn1ccnc1)NC(=O)C(F)(F)C(F)F. The van der Waals surface area contributed by atoms with Gasteiger partial charge in [-0.2, -0.15) is 8.78 Å². The fourth-order valence-electron chi connectivity index (χ4n) is 1.50. The summed E-state index contributed by atoms with van der Waals surface area (Å²) >= 11 is 0. The van der Waals surface area contributed by atoms with Crippen molar-refractivity contribution in [3.05, 3.63) is 18.7 Å². The van der Waals surface area contributed by atoms with E-state index in [1.807, 2.05) is 5.32 Å². The molecule has 1 heterocycles. The lowest BCUT2D eigenvalue weighted by molar-refractivity contribution is -0.171. The fraction of sp³-hybridized carbons (Fsp3) is 0.667. The third kappa shape index (κ3) is 3.94. The minimum Gasteiger partial charge on any atom is -0.346 e. The molecule has 1 aromatic rings. The van der Waals surface area contributed by atoms with Crippen LogP contribution in [-0.2, 0) is 11.3 Å². The van der Waals surface area contributed by atoms with Crippen LogP contribution in [0.4, 0.5) is 17.6 Å². The van der Waals surface area contributed by atoms with Crippen molar-refractivity contribution in [2.75, 3.05) is 0 Å². The summed E-state index contributed by atoms with van der Waals surface area (Å²) in [6.07, 6.45) is 0.512. The number of rotatable bonds is 5. The Hall–Kier alpha value is -1.60. The molecule has 0 bridgehead atoms. The van der Waals surface area contributed by atoms with Crippen molar-refractivity contribution >= 4 is 5.91 Å². The highest BCUT2D eigenvalue weighted by atomic mass is 19.3. The molecule has 4 nitrogen and oxygen atoms in total. The molecule has 1 aromatic heterocycles. The lowest BCUT2D eigenvalue weighted by Crippen LogP contribution is -2.53. The highest BCUT2D eigenvalue weighted by Crippen LogP contribution is 2.26. The summed E-state index contributed by atoms with van der Waals surface area (Å²) in [4.78, 5) is 15.1. The molecule has 1 unspecified atom stereocenters. The van der Waals surface area contributed by atoms with Crippen LogP contribution in [0, 0.1) is 5.41 Å². The monoisotopic (exact) mass is 295 g/mol. The second-order valence-electron chi connectivity index (χ2n) is 5.58. The Balaban J connectivity index is 2.84. The number of imidazole rings is 1. The number of alkyl halides is 4. The third-order valence-corrected chi connectivity index (χ3v) is 2.88. The van der Waals surface area contributed by atoms with Gasteiger partial charge in [-0.05, 0) is 5.41 Å². The van der Waals surface area contributed by atoms with Gasteiger partial charge in [0.05, 0.1) is 12.4 Å². The first kappa shape index (κ1) is 16.5. The molecule has 20 heavy (non-hydrogen) atoms. The van der Waals surface area contributed by atoms with Gasteiger partial charge >= 0.3 is 12.3 Å². The molecule has 1 amide bonds. The highest BCUT2D eigenvalue weighted by molar-refractivity contribution is 5.84. The summed E-state index contributed by atoms with van der Waals surface area (Å²) in [6, 6.07) is -0.742. The predicted octanol–water partition coefficient (Wildman–Crippen LogP) is 2.31. The van der Waals surface area contributed by atoms with Crippen molar-refractivity contribution in [1.82, 2.24) is 14.9 Å². The molecule has 0 fully saturated rings. The number of hydrogen-bond acceptors (Lipinski definition) is 2. The van der Waals surface area contributed by atoms with Crippen LogP contribution in [0.25, 0.3) is 0 Å². The normalized spacial score (nSPS) is 14.4. The second-order valence-corrected chi connectivity index (χ2v) is 5.58. The Bertz CT molecular complexity index is 440. The number of carbonyl (C=O) groups is 1. The maximum Gasteiger partial charge on any atom is 0.383 e. The zero-order valence-corrected chi connectivity index (χ0v) is 11.4. The first-order valence-electron chi connectivity index (χ1n) is 5.98. The molecule has 0 saturated heterocycles. The van der Waals surface area contributed by atoms with Crippen LogP contribution in [0.3, 0.4) is 0 Å². The van der Waals surface area contributed by atoms with Crippen molar-refractivity contribution in [2.45, 2.75) is 45.7 Å². The summed E-state index contributed by atoms with van der Waals surface area (Å²) < 4.78 is 51.9. The number of nitrogens with zero attached hydrogens (tertiary/aromatic N) is 2. The molecule has 0 aliphatic carbocycles. The van der Waals surface area contributed by atoms with Crippen LogP contribution in [0.5, 0.6) is 0 Å². The Kier molecular flexibility index (Phi) is 4.77. The van der Waals surface area contributed by atoms with Crippen LogP contribution in [0.2, 0.25) is 0 Å². The van der Waals surface area contributed by atoms with Crippen molar-refractivity contribution in [1.29, 1.82) is 0 Å². The molecule has 1 N–H and O–H groups in total. The van der Waals surface area contributed by atoms with Gasteiger partial charge in [0.25, 0.3) is 5.91 Å². The number of hydrogen-bond donors (Lipinski definition) is 1. The van der Waals surface area contributed by atoms with Crippen molar-refractivity contribution < 1.29 is 22.4 Å². The van der Waals surface area contributed by atoms with Gasteiger partial charge in [0.1, 0.15) is 0 Å². The lowest BCUT2D eigenvalue weighted by atomic mass is 9.86. The van der Waals surface area contributed by atoms with E-state index in [-0.39, 0.29) is 6.54 Å². The smallest absolute Gasteiger partial charge is 0.346 e. The molecule has 114 valence electrons. The Morgan fingerprint density at radius 1 is 1.35 bits per heavy atom. The average molecular weight is 295 g/mol. The van der Waals surface area contributed by atoms with E-state index in [2.05, 4.69) is 4.98 Å². The zero-order chi connectivity index (χ0) is 15.6. The number of halogens is 4. The number of aromatic nitrogens is 2. The van der Waals surface area contributed by atoms with Crippen molar-refractivity contribution in [2.24, 2.45) is 5.41 Å². The molecule has 1 rings (SSSR count). The van der Waals surface area contributed by atoms with Crippen molar-refractivity contribution in [3.8, 4) is 0 Å². The fourth-order valence-corrected chi connectivity index (χ4v) is 1.50. The van der Waals surface area contributed by atoms with Gasteiger partial charge in [-0.15, -0.1) is 0 Å². The first-order chi connectivity index (χ1) is 9.05. The summed E-state index contributed by atoms with van der Waals surface area (Å²) in [5.74, 6) is -6.66. The molecular formula is C12H17F4N3O. The van der Waals surface area contributed by atoms with Gasteiger partial charge in [-0.25, -0.2) is 13.8 Å². The van der Waals surface area contributed by atoms with Gasteiger partial charge in [0, 0.05) is 18.9 Å². The number of amides is 1. The van der Waals surface area contributed by atoms with E-state index in [1.54, 1.807) is 31.5 Å². The standard InChI is InChI=1S/C12H17F4N3O/c1-11(2,3)8(6-19-5-4-17-7-19)18-10(20)12(15,16)9(13)14/h4-5,7-9H,6H2,1-3H3,(H,18,20). The maximum atomic E-state index is 13.0. The second kappa shape index (κ2) is 5.80. The maximum absolute atomic E-state index is 13.0. The molecule has 0 aliphatic rings. The van der Waals surface area contributed by atoms with Gasteiger partial charge < -0.3 is 9.88 Å². The lowest BCUT2D eigenvalue weighted by Gasteiger charge is -2.32. The van der Waals surface area contributed by atoms with Crippen LogP contribution < -0.4 is 5.32 Å². The Morgan fingerprint density at radius 2 is 1.95 bits per heavy atom. The summed E-state index contributed by atoms with van der Waals surface area (Å²) in [5, 5.41) is 2.00. The van der Waals surface area contributed by atoms with Crippen LogP contribution in [0.15, 0.2) is 18.7 Å². The topological polar surface area (TPSA) is 46.9 Å². The summed E-state index contributed by atoms with van der Waals surface area (Å²) in [5.41, 5.74) is -0.585. The van der Waals surface area contributed by atoms with E-state index in [0.717, 1.165) is 0 Å². The van der Waals surface area contributed by atoms with E-state index in [0.29, 0.717) is 0 Å². The predicted molar refractivity (Wildman–Crippen MR) is 64.6 cm³/mol. The molecule has 0 aliphatic heterocycles. The molecule has 0 aromatic carbocycles. The Morgan fingerprint density at radius 3 is 2.35 bits per heavy atom. The number of nitrogens with one attached hydrogen (secondary N) is 1. The molecular weight excluding hydrogens is 278 g/mol. The van der Waals surface area contributed by atoms with E-state index < -0.39 is 29.7 Å². The van der Waals surface area contributed by atoms with E-state index >= 15 is 0 Å². The van der Waals surface area contributed by atoms with E-state index in [4.69, 9.17) is 0 Å². The average Bonchev–Trinajstić information content (AvgIpc) is 2.79. The summed E-state index contributed by atoms with van der Waals surface area (Å²) in [6.45, 7) is 5.31. The molecule has 0 radical (unpaired) electrons. The van der Waals surface area contributed by atoms with Crippen LogP contribution in [0.1, 0.15) is 20.8 Å². The zero-order valence-electron chi connectivity index (χ0n) is 11.4. The molecule has 8 heteroatoms. The molecule has 0 saturated carbocycles. The summed E-state index contributed by atoms with van der Waals surface area (Å²) in [7, 11) is 0. The van der Waals surface area contributed by atoms with Crippen LogP contribution >= 0.6 is 0 Å². The quantitative estimate of drug-likeness (QED) is 0.847. The van der Waals surface area contributed by atoms with Gasteiger partial charge in [0.15, 0.2) is 0 Å². The highest BCUT2D eigenvalue weighted by Gasteiger charge is 2.50. The Labute approximate surface area is 114 Å². The third-order valence-electron chi connectivity index (χ3n) is 2.88. The van der Waals surface area contributed by atoms with Crippen LogP contribution in [-0.4, -0.2) is 33.8 Å². The minimum absolute atomic E-state index is 0.161. The van der Waals surface area contributed by atoms with Crippen molar-refractivity contribution in [3.63, 3.8) is 0 Å². The molecule has 1 atom stereocenters. The number of carbonyl (C=O) groups excluding carboxylic acids is 1. The van der Waals surface area contributed by atoms with E-state index in [1.165, 1.54) is 12.5 Å². The largest absolute Gasteiger partial charge is 0.383 e.